The number of hydrogen-bond acceptors (Lipinski definition) is 1. The summed E-state index contributed by atoms with van der Waals surface area (Å²) in [6, 6.07) is 0. The van der Waals surface area contributed by atoms with Gasteiger partial charge in [-0.1, -0.05) is 25.5 Å². The van der Waals surface area contributed by atoms with Gasteiger partial charge in [0.1, 0.15) is 0 Å². The second kappa shape index (κ2) is 16.4. The van der Waals surface area contributed by atoms with Crippen LogP contribution in [-0.2, 0) is 0 Å². The van der Waals surface area contributed by atoms with E-state index in [4.69, 9.17) is 0 Å². The molecule has 0 radical (unpaired) electrons. The predicted molar refractivity (Wildman–Crippen MR) is 56.5 cm³/mol. The van der Waals surface area contributed by atoms with E-state index in [1.807, 2.05) is 7.05 Å². The zero-order valence-electron chi connectivity index (χ0n) is 7.65. The lowest BCUT2D eigenvalue weighted by molar-refractivity contribution is 0.804. The van der Waals surface area contributed by atoms with E-state index in [0.29, 0.717) is 0 Å². The van der Waals surface area contributed by atoms with Gasteiger partial charge in [0.25, 0.3) is 0 Å². The summed E-state index contributed by atoms with van der Waals surface area (Å²) in [6.45, 7) is 13.0. The molecule has 0 atom stereocenters. The van der Waals surface area contributed by atoms with Gasteiger partial charge in [-0.2, -0.15) is 0 Å². The van der Waals surface area contributed by atoms with Gasteiger partial charge in [-0.05, 0) is 13.5 Å². The lowest BCUT2D eigenvalue weighted by atomic mass is 10.2. The summed E-state index contributed by atoms with van der Waals surface area (Å²) in [7, 11) is 1.95. The van der Waals surface area contributed by atoms with Crippen LogP contribution in [0.3, 0.4) is 0 Å². The van der Waals surface area contributed by atoms with Crippen LogP contribution in [0.25, 0.3) is 0 Å². The van der Waals surface area contributed by atoms with Crippen LogP contribution in [0.2, 0.25) is 0 Å². The van der Waals surface area contributed by atoms with Gasteiger partial charge in [-0.3, -0.25) is 0 Å². The number of nitrogens with one attached hydrogen (secondary N) is 1. The highest BCUT2D eigenvalue weighted by atomic mass is 35.5. The van der Waals surface area contributed by atoms with Crippen molar-refractivity contribution in [2.45, 2.75) is 19.8 Å². The Morgan fingerprint density at radius 2 is 1.82 bits per heavy atom. The molecular formula is C9H20ClN. The van der Waals surface area contributed by atoms with Crippen LogP contribution in [0.4, 0.5) is 0 Å². The van der Waals surface area contributed by atoms with Crippen molar-refractivity contribution in [1.82, 2.24) is 5.32 Å². The fourth-order valence-corrected chi connectivity index (χ4v) is 0.692. The highest BCUT2D eigenvalue weighted by Gasteiger charge is 1.86. The third-order valence-corrected chi connectivity index (χ3v) is 1.03. The molecule has 0 bridgehead atoms. The van der Waals surface area contributed by atoms with Crippen LogP contribution in [0.15, 0.2) is 25.3 Å². The molecule has 11 heavy (non-hydrogen) atoms. The van der Waals surface area contributed by atoms with E-state index in [2.05, 4.69) is 32.0 Å². The fraction of sp³-hybridized carbons (Fsp3) is 0.556. The Bertz CT molecular complexity index is 73.6. The Kier molecular flexibility index (Phi) is 25.3. The van der Waals surface area contributed by atoms with Crippen molar-refractivity contribution < 1.29 is 0 Å². The van der Waals surface area contributed by atoms with Gasteiger partial charge in [-0.25, -0.2) is 0 Å². The Morgan fingerprint density at radius 1 is 1.36 bits per heavy atom. The minimum atomic E-state index is 0. The van der Waals surface area contributed by atoms with Gasteiger partial charge in [0, 0.05) is 6.54 Å². The molecule has 68 valence electrons. The second-order valence-electron chi connectivity index (χ2n) is 2.03. The molecule has 0 saturated heterocycles. The smallest absolute Gasteiger partial charge is 0.0158 e. The molecule has 1 nitrogen and oxygen atoms in total. The summed E-state index contributed by atoms with van der Waals surface area (Å²) in [5, 5.41) is 3.05. The molecule has 2 heteroatoms. The molecule has 0 aromatic heterocycles. The minimum absolute atomic E-state index is 0. The maximum Gasteiger partial charge on any atom is 0.0158 e. The maximum absolute atomic E-state index is 3.87. The first-order valence-electron chi connectivity index (χ1n) is 3.62. The Labute approximate surface area is 77.0 Å². The molecule has 0 heterocycles. The summed E-state index contributed by atoms with van der Waals surface area (Å²) in [4.78, 5) is 0. The third kappa shape index (κ3) is 17.7. The second-order valence-corrected chi connectivity index (χ2v) is 2.03. The van der Waals surface area contributed by atoms with Crippen LogP contribution < -0.4 is 5.32 Å². The van der Waals surface area contributed by atoms with Crippen molar-refractivity contribution in [2.75, 3.05) is 13.6 Å². The molecule has 0 aliphatic carbocycles. The first-order valence-corrected chi connectivity index (χ1v) is 3.62. The van der Waals surface area contributed by atoms with E-state index in [0.717, 1.165) is 13.0 Å². The zero-order valence-corrected chi connectivity index (χ0v) is 8.47. The number of hydrogen-bond donors (Lipinski definition) is 1. The van der Waals surface area contributed by atoms with Crippen LogP contribution in [-0.4, -0.2) is 13.6 Å². The molecule has 0 aromatic carbocycles. The van der Waals surface area contributed by atoms with Gasteiger partial charge < -0.3 is 5.32 Å². The van der Waals surface area contributed by atoms with Crippen molar-refractivity contribution in [3.05, 3.63) is 25.3 Å². The van der Waals surface area contributed by atoms with Crippen molar-refractivity contribution in [2.24, 2.45) is 0 Å². The summed E-state index contributed by atoms with van der Waals surface area (Å²) in [5.74, 6) is 0. The standard InChI is InChI=1S/C7H15N.C2H4.ClH/c1-4-5-7(2)6-8-3;1-2;/h8H,2,4-6H2,1,3H3;1-2H2;1H. The van der Waals surface area contributed by atoms with Crippen LogP contribution in [0.5, 0.6) is 0 Å². The van der Waals surface area contributed by atoms with E-state index >= 15 is 0 Å². The van der Waals surface area contributed by atoms with Crippen molar-refractivity contribution in [3.8, 4) is 0 Å². The molecular weight excluding hydrogens is 158 g/mol. The average Bonchev–Trinajstić information content (AvgIpc) is 1.93. The molecule has 0 rings (SSSR count). The predicted octanol–water partition coefficient (Wildman–Crippen LogP) is 2.79. The lowest BCUT2D eigenvalue weighted by Gasteiger charge is -1.99. The fourth-order valence-electron chi connectivity index (χ4n) is 0.692. The molecule has 0 aliphatic rings. The zero-order chi connectivity index (χ0) is 8.41. The van der Waals surface area contributed by atoms with E-state index in [-0.39, 0.29) is 12.4 Å². The quantitative estimate of drug-likeness (QED) is 0.652. The Hall–Kier alpha value is -0.270. The molecule has 0 amide bonds. The first-order chi connectivity index (χ1) is 4.81. The lowest BCUT2D eigenvalue weighted by Crippen LogP contribution is -2.09. The van der Waals surface area contributed by atoms with Crippen LogP contribution in [0, 0.1) is 0 Å². The Balaban J connectivity index is -0.000000196. The molecule has 0 aromatic rings. The topological polar surface area (TPSA) is 12.0 Å². The highest BCUT2D eigenvalue weighted by molar-refractivity contribution is 5.85. The molecule has 0 aliphatic heterocycles. The summed E-state index contributed by atoms with van der Waals surface area (Å²) < 4.78 is 0. The van der Waals surface area contributed by atoms with Crippen LogP contribution in [0.1, 0.15) is 19.8 Å². The molecule has 0 fully saturated rings. The molecule has 0 spiro atoms. The van der Waals surface area contributed by atoms with Crippen molar-refractivity contribution in [3.63, 3.8) is 0 Å². The molecule has 1 N–H and O–H groups in total. The molecule has 0 saturated carbocycles. The van der Waals surface area contributed by atoms with Crippen molar-refractivity contribution in [1.29, 1.82) is 0 Å². The number of rotatable bonds is 4. The Morgan fingerprint density at radius 3 is 2.09 bits per heavy atom. The van der Waals surface area contributed by atoms with Gasteiger partial charge in [-0.15, -0.1) is 25.6 Å². The van der Waals surface area contributed by atoms with E-state index in [1.165, 1.54) is 12.0 Å². The van der Waals surface area contributed by atoms with E-state index in [1.54, 1.807) is 0 Å². The van der Waals surface area contributed by atoms with Crippen LogP contribution >= 0.6 is 12.4 Å². The SMILES string of the molecule is C=C.C=C(CCC)CNC.Cl. The molecule has 0 unspecified atom stereocenters. The summed E-state index contributed by atoms with van der Waals surface area (Å²) in [5.41, 5.74) is 1.30. The van der Waals surface area contributed by atoms with Crippen molar-refractivity contribution >= 4 is 12.4 Å². The summed E-state index contributed by atoms with van der Waals surface area (Å²) in [6.07, 6.45) is 2.36. The monoisotopic (exact) mass is 177 g/mol. The summed E-state index contributed by atoms with van der Waals surface area (Å²) >= 11 is 0. The first kappa shape index (κ1) is 17.0. The van der Waals surface area contributed by atoms with Gasteiger partial charge in [0.05, 0.1) is 0 Å². The number of halogens is 1. The third-order valence-electron chi connectivity index (χ3n) is 1.03. The highest BCUT2D eigenvalue weighted by Crippen LogP contribution is 1.97. The van der Waals surface area contributed by atoms with E-state index < -0.39 is 0 Å². The average molecular weight is 178 g/mol. The largest absolute Gasteiger partial charge is 0.316 e. The minimum Gasteiger partial charge on any atom is -0.316 e. The normalized spacial score (nSPS) is 7.09. The maximum atomic E-state index is 3.87. The van der Waals surface area contributed by atoms with Gasteiger partial charge >= 0.3 is 0 Å². The number of likely N-dealkylation sites (N-methyl/N-ethyl adjacent to an activating group) is 1. The van der Waals surface area contributed by atoms with Gasteiger partial charge in [0.2, 0.25) is 0 Å². The van der Waals surface area contributed by atoms with Gasteiger partial charge in [0.15, 0.2) is 0 Å². The van der Waals surface area contributed by atoms with E-state index in [9.17, 15) is 0 Å².